The lowest BCUT2D eigenvalue weighted by atomic mass is 9.92. The fourth-order valence-corrected chi connectivity index (χ4v) is 2.75. The van der Waals surface area contributed by atoms with Gasteiger partial charge in [0.25, 0.3) is 0 Å². The van der Waals surface area contributed by atoms with Crippen LogP contribution in [-0.4, -0.2) is 18.6 Å². The molecule has 0 unspecified atom stereocenters. The quantitative estimate of drug-likeness (QED) is 0.923. The van der Waals surface area contributed by atoms with Gasteiger partial charge < -0.3 is 10.1 Å². The number of benzene rings is 1. The minimum Gasteiger partial charge on any atom is -0.481 e. The highest BCUT2D eigenvalue weighted by atomic mass is 19.4. The highest BCUT2D eigenvalue weighted by Crippen LogP contribution is 2.38. The van der Waals surface area contributed by atoms with E-state index in [2.05, 4.69) is 10.3 Å². The molecule has 0 atom stereocenters. The number of fused-ring (bicyclic) bond motifs is 1. The maximum absolute atomic E-state index is 13.1. The lowest BCUT2D eigenvalue weighted by Crippen LogP contribution is -2.24. The van der Waals surface area contributed by atoms with Crippen LogP contribution in [0.3, 0.4) is 0 Å². The zero-order chi connectivity index (χ0) is 15.7. The number of rotatable bonds is 2. The number of hydrogen-bond donors (Lipinski definition) is 1. The number of aromatic nitrogens is 1. The van der Waals surface area contributed by atoms with Crippen molar-refractivity contribution in [1.29, 1.82) is 0 Å². The Balaban J connectivity index is 2.14. The van der Waals surface area contributed by atoms with E-state index in [0.717, 1.165) is 30.2 Å². The topological polar surface area (TPSA) is 34.1 Å². The fourth-order valence-electron chi connectivity index (χ4n) is 2.75. The smallest absolute Gasteiger partial charge is 0.421 e. The summed E-state index contributed by atoms with van der Waals surface area (Å²) < 4.78 is 44.1. The molecule has 0 bridgehead atoms. The number of halogens is 3. The summed E-state index contributed by atoms with van der Waals surface area (Å²) in [6.45, 7) is 1.53. The van der Waals surface area contributed by atoms with Gasteiger partial charge in [0.05, 0.1) is 7.11 Å². The second-order valence-corrected chi connectivity index (χ2v) is 5.15. The van der Waals surface area contributed by atoms with Gasteiger partial charge in [-0.1, -0.05) is 18.2 Å². The van der Waals surface area contributed by atoms with E-state index in [1.54, 1.807) is 0 Å². The minimum absolute atomic E-state index is 0.404. The largest absolute Gasteiger partial charge is 0.481 e. The van der Waals surface area contributed by atoms with E-state index in [-0.39, 0.29) is 0 Å². The van der Waals surface area contributed by atoms with Crippen molar-refractivity contribution >= 4 is 0 Å². The van der Waals surface area contributed by atoms with Crippen molar-refractivity contribution < 1.29 is 17.9 Å². The molecule has 0 saturated heterocycles. The average molecular weight is 308 g/mol. The van der Waals surface area contributed by atoms with Crippen LogP contribution in [-0.2, 0) is 19.1 Å². The summed E-state index contributed by atoms with van der Waals surface area (Å²) in [4.78, 5) is 3.83. The molecule has 3 nitrogen and oxygen atoms in total. The molecule has 1 N–H and O–H groups in total. The highest BCUT2D eigenvalue weighted by Gasteiger charge is 2.35. The first-order valence-electron chi connectivity index (χ1n) is 6.94. The van der Waals surface area contributed by atoms with Gasteiger partial charge in [-0.3, -0.25) is 0 Å². The lowest BCUT2D eigenvalue weighted by Gasteiger charge is -2.21. The van der Waals surface area contributed by atoms with Crippen LogP contribution in [0.4, 0.5) is 13.2 Å². The predicted molar refractivity (Wildman–Crippen MR) is 76.6 cm³/mol. The molecule has 0 amide bonds. The van der Waals surface area contributed by atoms with E-state index in [9.17, 15) is 13.2 Å². The number of hydrogen-bond acceptors (Lipinski definition) is 3. The van der Waals surface area contributed by atoms with E-state index in [1.165, 1.54) is 18.9 Å². The number of ether oxygens (including phenoxy) is 1. The molecule has 2 heterocycles. The molecular formula is C16H15F3N2O. The van der Waals surface area contributed by atoms with Crippen LogP contribution < -0.4 is 10.1 Å². The van der Waals surface area contributed by atoms with Crippen molar-refractivity contribution in [2.75, 3.05) is 13.7 Å². The molecule has 1 aromatic heterocycles. The van der Waals surface area contributed by atoms with Crippen molar-refractivity contribution in [3.8, 4) is 17.0 Å². The Morgan fingerprint density at radius 1 is 1.27 bits per heavy atom. The molecule has 0 aliphatic carbocycles. The van der Waals surface area contributed by atoms with E-state index >= 15 is 0 Å². The Morgan fingerprint density at radius 3 is 2.82 bits per heavy atom. The van der Waals surface area contributed by atoms with Crippen LogP contribution in [0.1, 0.15) is 16.7 Å². The number of pyridine rings is 1. The fraction of sp³-hybridized carbons (Fsp3) is 0.312. The Hall–Kier alpha value is -2.08. The molecule has 1 aromatic carbocycles. The molecule has 116 valence electrons. The van der Waals surface area contributed by atoms with Crippen LogP contribution >= 0.6 is 0 Å². The second-order valence-electron chi connectivity index (χ2n) is 5.15. The maximum Gasteiger partial charge on any atom is 0.421 e. The van der Waals surface area contributed by atoms with Gasteiger partial charge in [0.15, 0.2) is 0 Å². The summed E-state index contributed by atoms with van der Waals surface area (Å²) in [6.07, 6.45) is -2.20. The maximum atomic E-state index is 13.1. The van der Waals surface area contributed by atoms with Crippen molar-refractivity contribution in [3.63, 3.8) is 0 Å². The van der Waals surface area contributed by atoms with Crippen molar-refractivity contribution in [3.05, 3.63) is 47.2 Å². The second kappa shape index (κ2) is 5.61. The van der Waals surface area contributed by atoms with Crippen molar-refractivity contribution in [2.45, 2.75) is 19.1 Å². The summed E-state index contributed by atoms with van der Waals surface area (Å²) in [5, 5.41) is 3.25. The van der Waals surface area contributed by atoms with E-state index < -0.39 is 17.6 Å². The number of alkyl halides is 3. The summed E-state index contributed by atoms with van der Waals surface area (Å²) in [7, 11) is 1.19. The van der Waals surface area contributed by atoms with Gasteiger partial charge in [-0.15, -0.1) is 0 Å². The number of methoxy groups -OCH3 is 1. The molecule has 2 aromatic rings. The van der Waals surface area contributed by atoms with Crippen LogP contribution in [0.15, 0.2) is 30.5 Å². The molecule has 3 rings (SSSR count). The summed E-state index contributed by atoms with van der Waals surface area (Å²) >= 11 is 0. The van der Waals surface area contributed by atoms with E-state index in [4.69, 9.17) is 4.74 Å². The Labute approximate surface area is 126 Å². The van der Waals surface area contributed by atoms with Crippen LogP contribution in [0.25, 0.3) is 11.1 Å². The van der Waals surface area contributed by atoms with Gasteiger partial charge in [0.2, 0.25) is 5.88 Å². The van der Waals surface area contributed by atoms with Crippen LogP contribution in [0.5, 0.6) is 5.88 Å². The third-order valence-electron chi connectivity index (χ3n) is 3.81. The zero-order valence-electron chi connectivity index (χ0n) is 12.0. The van der Waals surface area contributed by atoms with Gasteiger partial charge in [-0.25, -0.2) is 4.98 Å². The Bertz CT molecular complexity index is 698. The molecule has 0 fully saturated rings. The van der Waals surface area contributed by atoms with Gasteiger partial charge in [0, 0.05) is 18.3 Å². The van der Waals surface area contributed by atoms with E-state index in [0.29, 0.717) is 12.1 Å². The molecule has 1 aliphatic rings. The zero-order valence-corrected chi connectivity index (χ0v) is 12.0. The monoisotopic (exact) mass is 308 g/mol. The molecule has 0 saturated carbocycles. The summed E-state index contributed by atoms with van der Waals surface area (Å²) in [5.41, 5.74) is 2.59. The predicted octanol–water partition coefficient (Wildman–Crippen LogP) is 3.42. The summed E-state index contributed by atoms with van der Waals surface area (Å²) in [6, 6.07) is 6.82. The van der Waals surface area contributed by atoms with Crippen LogP contribution in [0, 0.1) is 0 Å². The minimum atomic E-state index is -4.50. The van der Waals surface area contributed by atoms with Gasteiger partial charge in [0.1, 0.15) is 5.56 Å². The van der Waals surface area contributed by atoms with Crippen LogP contribution in [0.2, 0.25) is 0 Å². The third kappa shape index (κ3) is 2.66. The molecule has 22 heavy (non-hydrogen) atoms. The molecule has 6 heteroatoms. The summed E-state index contributed by atoms with van der Waals surface area (Å²) in [5.74, 6) is -0.404. The number of nitrogens with one attached hydrogen (secondary N) is 1. The number of nitrogens with zero attached hydrogens (tertiary/aromatic N) is 1. The van der Waals surface area contributed by atoms with Crippen molar-refractivity contribution in [1.82, 2.24) is 10.3 Å². The first kappa shape index (κ1) is 14.8. The standard InChI is InChI=1S/C16H15F3N2O/c1-22-15-14(16(17,18)19)7-11(8-21-15)12-4-2-3-10-5-6-20-9-13(10)12/h2-4,7-8,20H,5-6,9H2,1H3. The van der Waals surface area contributed by atoms with Gasteiger partial charge in [-0.2, -0.15) is 13.2 Å². The first-order chi connectivity index (χ1) is 10.5. The average Bonchev–Trinajstić information content (AvgIpc) is 2.53. The lowest BCUT2D eigenvalue weighted by molar-refractivity contribution is -0.139. The molecule has 1 aliphatic heterocycles. The third-order valence-corrected chi connectivity index (χ3v) is 3.81. The molecular weight excluding hydrogens is 293 g/mol. The van der Waals surface area contributed by atoms with E-state index in [1.807, 2.05) is 18.2 Å². The first-order valence-corrected chi connectivity index (χ1v) is 6.94. The van der Waals surface area contributed by atoms with Gasteiger partial charge in [-0.05, 0) is 35.7 Å². The van der Waals surface area contributed by atoms with Crippen molar-refractivity contribution in [2.24, 2.45) is 0 Å². The highest BCUT2D eigenvalue weighted by molar-refractivity contribution is 5.69. The molecule has 0 spiro atoms. The normalized spacial score (nSPS) is 14.5. The Morgan fingerprint density at radius 2 is 2.09 bits per heavy atom. The van der Waals surface area contributed by atoms with Gasteiger partial charge >= 0.3 is 6.18 Å². The SMILES string of the molecule is COc1ncc(-c2cccc3c2CNCC3)cc1C(F)(F)F. The Kier molecular flexibility index (Phi) is 3.78. The molecule has 0 radical (unpaired) electrons.